The van der Waals surface area contributed by atoms with Crippen molar-refractivity contribution >= 4 is 17.2 Å². The minimum absolute atomic E-state index is 0.114. The van der Waals surface area contributed by atoms with E-state index >= 15 is 0 Å². The fourth-order valence-electron chi connectivity index (χ4n) is 3.01. The molecule has 160 valence electrons. The summed E-state index contributed by atoms with van der Waals surface area (Å²) in [6.07, 6.45) is -0.204. The van der Waals surface area contributed by atoms with Gasteiger partial charge < -0.3 is 14.9 Å². The molecule has 3 heterocycles. The topological polar surface area (TPSA) is 106 Å². The van der Waals surface area contributed by atoms with E-state index in [0.717, 1.165) is 12.5 Å². The summed E-state index contributed by atoms with van der Waals surface area (Å²) in [7, 11) is 0. The summed E-state index contributed by atoms with van der Waals surface area (Å²) in [6, 6.07) is 10.6. The molecule has 1 aromatic carbocycles. The number of aliphatic hydroxyl groups is 1. The second-order valence-electron chi connectivity index (χ2n) is 7.40. The second kappa shape index (κ2) is 7.88. The molecular weight excluding hydrogens is 408 g/mol. The number of nitrogens with zero attached hydrogens (tertiary/aromatic N) is 4. The van der Waals surface area contributed by atoms with Crippen LogP contribution in [0.5, 0.6) is 0 Å². The molecule has 0 spiro atoms. The van der Waals surface area contributed by atoms with E-state index in [-0.39, 0.29) is 17.6 Å². The summed E-state index contributed by atoms with van der Waals surface area (Å²) in [4.78, 5) is 21.1. The van der Waals surface area contributed by atoms with Crippen LogP contribution in [0.25, 0.3) is 17.0 Å². The van der Waals surface area contributed by atoms with Gasteiger partial charge in [-0.2, -0.15) is 4.98 Å². The van der Waals surface area contributed by atoms with Crippen molar-refractivity contribution in [1.82, 2.24) is 19.5 Å². The number of halogens is 2. The van der Waals surface area contributed by atoms with Crippen molar-refractivity contribution in [2.24, 2.45) is 0 Å². The summed E-state index contributed by atoms with van der Waals surface area (Å²) in [5.41, 5.74) is 0.596. The Kier molecular flexibility index (Phi) is 5.24. The molecule has 1 atom stereocenters. The summed E-state index contributed by atoms with van der Waals surface area (Å²) in [5.74, 6) is -0.303. The fourth-order valence-corrected chi connectivity index (χ4v) is 3.01. The highest BCUT2D eigenvalue weighted by atomic mass is 19.3. The van der Waals surface area contributed by atoms with Gasteiger partial charge in [-0.15, -0.1) is 0 Å². The van der Waals surface area contributed by atoms with Gasteiger partial charge >= 0.3 is 0 Å². The number of nitrogens with one attached hydrogen (secondary N) is 1. The highest BCUT2D eigenvalue weighted by Gasteiger charge is 2.34. The highest BCUT2D eigenvalue weighted by molar-refractivity contribution is 6.04. The molecule has 2 N–H and O–H groups in total. The van der Waals surface area contributed by atoms with Crippen molar-refractivity contribution in [3.05, 3.63) is 65.9 Å². The van der Waals surface area contributed by atoms with Gasteiger partial charge in [0.1, 0.15) is 16.9 Å². The third-order valence-electron chi connectivity index (χ3n) is 4.84. The molecule has 0 saturated heterocycles. The number of carbonyl (C=O) groups excluding carboxylic acids is 1. The van der Waals surface area contributed by atoms with Crippen LogP contribution in [-0.2, 0) is 6.42 Å². The van der Waals surface area contributed by atoms with E-state index in [1.54, 1.807) is 40.9 Å². The number of aryl methyl sites for hydroxylation is 1. The smallest absolute Gasteiger partial charge is 0.274 e. The molecule has 0 aliphatic heterocycles. The summed E-state index contributed by atoms with van der Waals surface area (Å²) >= 11 is 0. The Labute approximate surface area is 175 Å². The quantitative estimate of drug-likeness (QED) is 0.488. The highest BCUT2D eigenvalue weighted by Crippen LogP contribution is 2.26. The Morgan fingerprint density at radius 2 is 2.13 bits per heavy atom. The number of hydrogen-bond donors (Lipinski definition) is 2. The SMILES string of the molecule is Cc1ccc(-c2noc(CC(C)(O)C(F)F)n2)cc1NC(=O)c1cnc2ccccn12. The van der Waals surface area contributed by atoms with Crippen molar-refractivity contribution in [2.75, 3.05) is 5.32 Å². The lowest BCUT2D eigenvalue weighted by atomic mass is 10.0. The van der Waals surface area contributed by atoms with Gasteiger partial charge in [0.15, 0.2) is 0 Å². The van der Waals surface area contributed by atoms with E-state index in [1.165, 1.54) is 6.20 Å². The minimum Gasteiger partial charge on any atom is -0.384 e. The molecule has 1 amide bonds. The van der Waals surface area contributed by atoms with Gasteiger partial charge in [0.25, 0.3) is 12.3 Å². The van der Waals surface area contributed by atoms with Crippen LogP contribution in [0, 0.1) is 6.92 Å². The molecular formula is C21H19F2N5O3. The zero-order valence-electron chi connectivity index (χ0n) is 16.7. The van der Waals surface area contributed by atoms with Gasteiger partial charge in [0, 0.05) is 17.4 Å². The Morgan fingerprint density at radius 1 is 1.32 bits per heavy atom. The van der Waals surface area contributed by atoms with Crippen molar-refractivity contribution in [2.45, 2.75) is 32.3 Å². The van der Waals surface area contributed by atoms with Gasteiger partial charge in [-0.25, -0.2) is 13.8 Å². The zero-order chi connectivity index (χ0) is 22.2. The first-order valence-electron chi connectivity index (χ1n) is 9.42. The van der Waals surface area contributed by atoms with Crippen molar-refractivity contribution in [3.63, 3.8) is 0 Å². The van der Waals surface area contributed by atoms with E-state index in [9.17, 15) is 18.7 Å². The van der Waals surface area contributed by atoms with Crippen LogP contribution >= 0.6 is 0 Å². The standard InChI is InChI=1S/C21H19F2N5O3/c1-12-6-7-13(18-26-17(31-27-18)10-21(2,30)20(22)23)9-14(12)25-19(29)15-11-24-16-5-3-4-8-28(15)16/h3-9,11,20,30H,10H2,1-2H3,(H,25,29). The maximum atomic E-state index is 12.9. The third kappa shape index (κ3) is 4.15. The Hall–Kier alpha value is -3.66. The minimum atomic E-state index is -2.95. The van der Waals surface area contributed by atoms with Crippen LogP contribution in [-0.4, -0.2) is 42.6 Å². The molecule has 0 saturated carbocycles. The molecule has 0 aliphatic rings. The van der Waals surface area contributed by atoms with Crippen molar-refractivity contribution < 1.29 is 23.2 Å². The number of rotatable bonds is 6. The van der Waals surface area contributed by atoms with E-state index in [0.29, 0.717) is 22.6 Å². The Morgan fingerprint density at radius 3 is 2.90 bits per heavy atom. The number of alkyl halides is 2. The molecule has 0 aliphatic carbocycles. The van der Waals surface area contributed by atoms with Gasteiger partial charge in [-0.05, 0) is 37.6 Å². The van der Waals surface area contributed by atoms with Gasteiger partial charge in [-0.3, -0.25) is 9.20 Å². The van der Waals surface area contributed by atoms with E-state index < -0.39 is 18.4 Å². The van der Waals surface area contributed by atoms with E-state index in [4.69, 9.17) is 4.52 Å². The molecule has 4 aromatic rings. The lowest BCUT2D eigenvalue weighted by Gasteiger charge is -2.19. The van der Waals surface area contributed by atoms with Crippen molar-refractivity contribution in [3.8, 4) is 11.4 Å². The van der Waals surface area contributed by atoms with Crippen molar-refractivity contribution in [1.29, 1.82) is 0 Å². The summed E-state index contributed by atoms with van der Waals surface area (Å²) < 4.78 is 32.4. The molecule has 31 heavy (non-hydrogen) atoms. The van der Waals surface area contributed by atoms with Crippen LogP contribution in [0.2, 0.25) is 0 Å². The Bertz CT molecular complexity index is 1250. The molecule has 3 aromatic heterocycles. The maximum absolute atomic E-state index is 12.9. The number of benzene rings is 1. The number of amides is 1. The third-order valence-corrected chi connectivity index (χ3v) is 4.84. The zero-order valence-corrected chi connectivity index (χ0v) is 16.7. The molecule has 8 nitrogen and oxygen atoms in total. The first kappa shape index (κ1) is 20.6. The first-order chi connectivity index (χ1) is 14.7. The lowest BCUT2D eigenvalue weighted by Crippen LogP contribution is -2.36. The lowest BCUT2D eigenvalue weighted by molar-refractivity contribution is -0.0857. The van der Waals surface area contributed by atoms with Gasteiger partial charge in [0.2, 0.25) is 11.7 Å². The molecule has 1 unspecified atom stereocenters. The van der Waals surface area contributed by atoms with Gasteiger partial charge in [0.05, 0.1) is 12.6 Å². The number of hydrogen-bond acceptors (Lipinski definition) is 6. The van der Waals surface area contributed by atoms with Crippen LogP contribution < -0.4 is 5.32 Å². The van der Waals surface area contributed by atoms with E-state index in [2.05, 4.69) is 20.4 Å². The average Bonchev–Trinajstić information content (AvgIpc) is 3.36. The van der Waals surface area contributed by atoms with Gasteiger partial charge in [-0.1, -0.05) is 23.4 Å². The number of imidazole rings is 1. The normalized spacial score (nSPS) is 13.5. The first-order valence-corrected chi connectivity index (χ1v) is 9.42. The molecule has 0 radical (unpaired) electrons. The molecule has 10 heteroatoms. The van der Waals surface area contributed by atoms with Crippen LogP contribution in [0.1, 0.15) is 28.9 Å². The van der Waals surface area contributed by atoms with Crippen LogP contribution in [0.15, 0.2) is 53.3 Å². The average molecular weight is 427 g/mol. The van der Waals surface area contributed by atoms with Crippen LogP contribution in [0.4, 0.5) is 14.5 Å². The van der Waals surface area contributed by atoms with Crippen LogP contribution in [0.3, 0.4) is 0 Å². The molecule has 0 bridgehead atoms. The summed E-state index contributed by atoms with van der Waals surface area (Å²) in [5, 5.41) is 16.4. The second-order valence-corrected chi connectivity index (χ2v) is 7.40. The summed E-state index contributed by atoms with van der Waals surface area (Å²) in [6.45, 7) is 2.83. The number of fused-ring (bicyclic) bond motifs is 1. The largest absolute Gasteiger partial charge is 0.384 e. The monoisotopic (exact) mass is 427 g/mol. The predicted molar refractivity (Wildman–Crippen MR) is 108 cm³/mol. The number of pyridine rings is 1. The maximum Gasteiger partial charge on any atom is 0.274 e. The molecule has 0 fully saturated rings. The predicted octanol–water partition coefficient (Wildman–Crippen LogP) is 3.50. The van der Waals surface area contributed by atoms with E-state index in [1.807, 2.05) is 13.0 Å². The number of carbonyl (C=O) groups is 1. The number of anilines is 1. The molecule has 4 rings (SSSR count). The Balaban J connectivity index is 1.57. The fraction of sp³-hybridized carbons (Fsp3) is 0.238. The number of aromatic nitrogens is 4.